The summed E-state index contributed by atoms with van der Waals surface area (Å²) in [6, 6.07) is 11.9. The predicted molar refractivity (Wildman–Crippen MR) is 119 cm³/mol. The lowest BCUT2D eigenvalue weighted by molar-refractivity contribution is 0.477. The van der Waals surface area contributed by atoms with Crippen LogP contribution in [0.5, 0.6) is 5.75 Å². The molecule has 4 aromatic rings. The topological polar surface area (TPSA) is 65.1 Å². The molecule has 0 aliphatic rings. The van der Waals surface area contributed by atoms with Crippen LogP contribution in [-0.4, -0.2) is 17.1 Å². The van der Waals surface area contributed by atoms with Gasteiger partial charge in [-0.05, 0) is 58.5 Å². The molecule has 0 radical (unpaired) electrons. The number of aromatic amines is 1. The van der Waals surface area contributed by atoms with E-state index in [1.54, 1.807) is 6.07 Å². The third kappa shape index (κ3) is 3.27. The van der Waals surface area contributed by atoms with Gasteiger partial charge in [0.15, 0.2) is 0 Å². The van der Waals surface area contributed by atoms with Crippen molar-refractivity contribution in [3.63, 3.8) is 0 Å². The highest BCUT2D eigenvalue weighted by Gasteiger charge is 2.18. The summed E-state index contributed by atoms with van der Waals surface area (Å²) in [6.07, 6.45) is 0. The van der Waals surface area contributed by atoms with Gasteiger partial charge in [-0.25, -0.2) is 0 Å². The Labute approximate surface area is 174 Å². The molecule has 0 amide bonds. The zero-order valence-corrected chi connectivity index (χ0v) is 17.9. The zero-order valence-electron chi connectivity index (χ0n) is 14.7. The van der Waals surface area contributed by atoms with Crippen molar-refractivity contribution in [3.8, 4) is 16.9 Å². The van der Waals surface area contributed by atoms with Gasteiger partial charge >= 0.3 is 0 Å². The second kappa shape index (κ2) is 7.64. The fraction of sp³-hybridized carbons (Fsp3) is 0.150. The number of nitrogens with one attached hydrogen (secondary N) is 2. The number of rotatable bonds is 3. The number of halogens is 2. The minimum atomic E-state index is -0.113. The first-order valence-electron chi connectivity index (χ1n) is 8.23. The summed E-state index contributed by atoms with van der Waals surface area (Å²) in [5.41, 5.74) is 3.39. The number of aromatic nitrogens is 1. The number of thiophene rings is 1. The highest BCUT2D eigenvalue weighted by atomic mass is 79.9. The molecule has 0 bridgehead atoms. The molecule has 7 heteroatoms. The molecule has 0 aliphatic carbocycles. The Hall–Kier alpha value is -1.86. The van der Waals surface area contributed by atoms with Crippen molar-refractivity contribution in [2.24, 2.45) is 0 Å². The van der Waals surface area contributed by atoms with Gasteiger partial charge in [0.1, 0.15) is 10.4 Å². The Bertz CT molecular complexity index is 1180. The number of aromatic hydroxyl groups is 1. The lowest BCUT2D eigenvalue weighted by Gasteiger charge is -2.14. The number of fused-ring (bicyclic) bond motifs is 3. The molecule has 1 unspecified atom stereocenters. The first-order chi connectivity index (χ1) is 12.5. The SMILES string of the molecule is CNC(C)c1ccc(-c2c(O)cc(Br)c3[nH]c(=O)c4sccc4c23)cc1.Cl. The van der Waals surface area contributed by atoms with E-state index in [1.165, 1.54) is 16.9 Å². The fourth-order valence-electron chi connectivity index (χ4n) is 3.28. The van der Waals surface area contributed by atoms with Crippen molar-refractivity contribution < 1.29 is 5.11 Å². The summed E-state index contributed by atoms with van der Waals surface area (Å²) in [6.45, 7) is 2.10. The zero-order chi connectivity index (χ0) is 18.4. The smallest absolute Gasteiger partial charge is 0.266 e. The number of pyridine rings is 1. The molecule has 0 saturated carbocycles. The van der Waals surface area contributed by atoms with Gasteiger partial charge in [-0.15, -0.1) is 23.7 Å². The van der Waals surface area contributed by atoms with Gasteiger partial charge in [0.05, 0.1) is 5.52 Å². The Balaban J connectivity index is 0.00000210. The minimum absolute atomic E-state index is 0. The second-order valence-corrected chi connectivity index (χ2v) is 8.02. The third-order valence-electron chi connectivity index (χ3n) is 4.77. The molecule has 2 aromatic carbocycles. The maximum absolute atomic E-state index is 12.4. The molecule has 0 spiro atoms. The van der Waals surface area contributed by atoms with Gasteiger partial charge in [-0.3, -0.25) is 4.79 Å². The van der Waals surface area contributed by atoms with Crippen LogP contribution in [0.2, 0.25) is 0 Å². The summed E-state index contributed by atoms with van der Waals surface area (Å²) in [5.74, 6) is 0.179. The van der Waals surface area contributed by atoms with Crippen LogP contribution < -0.4 is 10.9 Å². The Morgan fingerprint density at radius 1 is 1.22 bits per heavy atom. The number of hydrogen-bond donors (Lipinski definition) is 3. The third-order valence-corrected chi connectivity index (χ3v) is 6.31. The van der Waals surface area contributed by atoms with Crippen molar-refractivity contribution in [2.45, 2.75) is 13.0 Å². The van der Waals surface area contributed by atoms with Crippen molar-refractivity contribution in [3.05, 3.63) is 62.2 Å². The average molecular weight is 466 g/mol. The standard InChI is InChI=1S/C20H17BrN2O2S.ClH/c1-10(22-2)11-3-5-12(6-4-11)16-15(24)9-14(21)18-17(16)13-7-8-26-19(13)20(25)23-18;/h3-10,22,24H,1-2H3,(H,23,25);1H. The van der Waals surface area contributed by atoms with E-state index in [-0.39, 0.29) is 29.8 Å². The molecule has 3 N–H and O–H groups in total. The van der Waals surface area contributed by atoms with Crippen LogP contribution >= 0.6 is 39.7 Å². The van der Waals surface area contributed by atoms with E-state index < -0.39 is 0 Å². The highest BCUT2D eigenvalue weighted by molar-refractivity contribution is 9.10. The number of hydrogen-bond acceptors (Lipinski definition) is 4. The molecule has 0 saturated heterocycles. The molecule has 2 aromatic heterocycles. The fourth-order valence-corrected chi connectivity index (χ4v) is 4.59. The number of benzene rings is 2. The van der Waals surface area contributed by atoms with Crippen molar-refractivity contribution in [1.29, 1.82) is 0 Å². The monoisotopic (exact) mass is 464 g/mol. The molecule has 2 heterocycles. The second-order valence-electron chi connectivity index (χ2n) is 6.25. The van der Waals surface area contributed by atoms with Crippen LogP contribution in [0.4, 0.5) is 0 Å². The summed E-state index contributed by atoms with van der Waals surface area (Å²) < 4.78 is 1.33. The molecule has 0 fully saturated rings. The molecular formula is C20H18BrClN2O2S. The van der Waals surface area contributed by atoms with Crippen LogP contribution in [0.3, 0.4) is 0 Å². The summed E-state index contributed by atoms with van der Waals surface area (Å²) >= 11 is 4.87. The lowest BCUT2D eigenvalue weighted by atomic mass is 9.95. The van der Waals surface area contributed by atoms with Gasteiger partial charge in [-0.2, -0.15) is 0 Å². The van der Waals surface area contributed by atoms with Crippen LogP contribution in [0.25, 0.3) is 32.1 Å². The van der Waals surface area contributed by atoms with Crippen LogP contribution in [0, 0.1) is 0 Å². The van der Waals surface area contributed by atoms with Crippen molar-refractivity contribution in [2.75, 3.05) is 7.05 Å². The van der Waals surface area contributed by atoms with Gasteiger partial charge < -0.3 is 15.4 Å². The van der Waals surface area contributed by atoms with E-state index >= 15 is 0 Å². The average Bonchev–Trinajstić information content (AvgIpc) is 3.13. The van der Waals surface area contributed by atoms with E-state index in [2.05, 4.69) is 45.3 Å². The highest BCUT2D eigenvalue weighted by Crippen LogP contribution is 2.42. The van der Waals surface area contributed by atoms with E-state index in [9.17, 15) is 9.90 Å². The van der Waals surface area contributed by atoms with E-state index in [1.807, 2.05) is 30.6 Å². The van der Waals surface area contributed by atoms with E-state index in [0.29, 0.717) is 14.7 Å². The van der Waals surface area contributed by atoms with E-state index in [0.717, 1.165) is 21.9 Å². The Morgan fingerprint density at radius 3 is 2.59 bits per heavy atom. The van der Waals surface area contributed by atoms with Gasteiger partial charge in [-0.1, -0.05) is 24.3 Å². The normalized spacial score (nSPS) is 12.3. The molecule has 27 heavy (non-hydrogen) atoms. The molecule has 4 rings (SSSR count). The molecule has 0 aliphatic heterocycles. The number of phenols is 1. The Kier molecular flexibility index (Phi) is 5.63. The largest absolute Gasteiger partial charge is 0.507 e. The Morgan fingerprint density at radius 2 is 1.93 bits per heavy atom. The maximum atomic E-state index is 12.4. The summed E-state index contributed by atoms with van der Waals surface area (Å²) in [4.78, 5) is 15.3. The van der Waals surface area contributed by atoms with Crippen LogP contribution in [0.15, 0.2) is 51.0 Å². The number of phenolic OH excluding ortho intramolecular Hbond substituents is 1. The molecule has 1 atom stereocenters. The van der Waals surface area contributed by atoms with Crippen molar-refractivity contribution in [1.82, 2.24) is 10.3 Å². The number of H-pyrrole nitrogens is 1. The molecule has 140 valence electrons. The van der Waals surface area contributed by atoms with Gasteiger partial charge in [0.25, 0.3) is 5.56 Å². The van der Waals surface area contributed by atoms with Crippen molar-refractivity contribution >= 4 is 60.7 Å². The first-order valence-corrected chi connectivity index (χ1v) is 9.90. The van der Waals surface area contributed by atoms with Crippen LogP contribution in [-0.2, 0) is 0 Å². The minimum Gasteiger partial charge on any atom is -0.507 e. The molecular weight excluding hydrogens is 448 g/mol. The summed E-state index contributed by atoms with van der Waals surface area (Å²) in [7, 11) is 1.93. The summed E-state index contributed by atoms with van der Waals surface area (Å²) in [5, 5.41) is 17.5. The quantitative estimate of drug-likeness (QED) is 0.370. The van der Waals surface area contributed by atoms with Gasteiger partial charge in [0.2, 0.25) is 0 Å². The lowest BCUT2D eigenvalue weighted by Crippen LogP contribution is -2.11. The van der Waals surface area contributed by atoms with E-state index in [4.69, 9.17) is 0 Å². The predicted octanol–water partition coefficient (Wildman–Crippen LogP) is 5.58. The molecule has 4 nitrogen and oxygen atoms in total. The van der Waals surface area contributed by atoms with Gasteiger partial charge in [0, 0.05) is 26.9 Å². The first kappa shape index (κ1) is 19.9. The van der Waals surface area contributed by atoms with Crippen LogP contribution in [0.1, 0.15) is 18.5 Å². The maximum Gasteiger partial charge on any atom is 0.266 e.